The Hall–Kier alpha value is -1.15. The maximum Gasteiger partial charge on any atom is 0.242 e. The van der Waals surface area contributed by atoms with Crippen LogP contribution in [0.2, 0.25) is 5.02 Å². The first-order valence-electron chi connectivity index (χ1n) is 5.78. The van der Waals surface area contributed by atoms with Crippen molar-refractivity contribution in [3.8, 4) is 0 Å². The van der Waals surface area contributed by atoms with Crippen LogP contribution in [0.15, 0.2) is 45.8 Å². The highest BCUT2D eigenvalue weighted by atomic mass is 79.9. The molecule has 3 N–H and O–H groups in total. The summed E-state index contributed by atoms with van der Waals surface area (Å²) in [5.41, 5.74) is 5.88. The summed E-state index contributed by atoms with van der Waals surface area (Å²) in [5, 5.41) is 0.513. The molecule has 2 aromatic carbocycles. The third-order valence-corrected chi connectivity index (χ3v) is 5.29. The summed E-state index contributed by atoms with van der Waals surface area (Å²) in [6.07, 6.45) is 0. The number of nitrogen functional groups attached to an aromatic ring is 1. The van der Waals surface area contributed by atoms with Gasteiger partial charge in [0.05, 0.1) is 10.6 Å². The zero-order valence-corrected chi connectivity index (χ0v) is 13.8. The van der Waals surface area contributed by atoms with Crippen LogP contribution in [-0.4, -0.2) is 8.42 Å². The molecule has 112 valence electrons. The average molecular weight is 394 g/mol. The molecule has 0 aliphatic rings. The van der Waals surface area contributed by atoms with Gasteiger partial charge in [0.1, 0.15) is 5.82 Å². The van der Waals surface area contributed by atoms with Gasteiger partial charge < -0.3 is 5.73 Å². The first-order chi connectivity index (χ1) is 9.79. The van der Waals surface area contributed by atoms with Crippen molar-refractivity contribution in [3.05, 3.63) is 57.3 Å². The van der Waals surface area contributed by atoms with E-state index in [1.165, 1.54) is 0 Å². The molecule has 0 aliphatic heterocycles. The second-order valence-electron chi connectivity index (χ2n) is 4.26. The maximum absolute atomic E-state index is 13.3. The van der Waals surface area contributed by atoms with Gasteiger partial charge in [-0.3, -0.25) is 0 Å². The molecule has 0 amide bonds. The summed E-state index contributed by atoms with van der Waals surface area (Å²) < 4.78 is 40.2. The number of nitrogens with two attached hydrogens (primary N) is 1. The molecule has 0 unspecified atom stereocenters. The van der Waals surface area contributed by atoms with E-state index in [0.717, 1.165) is 12.1 Å². The van der Waals surface area contributed by atoms with Crippen LogP contribution in [0.4, 0.5) is 10.1 Å². The third-order valence-electron chi connectivity index (χ3n) is 2.70. The van der Waals surface area contributed by atoms with Crippen LogP contribution in [0.3, 0.4) is 0 Å². The van der Waals surface area contributed by atoms with E-state index < -0.39 is 15.8 Å². The Morgan fingerprint density at radius 2 is 2.00 bits per heavy atom. The van der Waals surface area contributed by atoms with Crippen molar-refractivity contribution in [1.82, 2.24) is 4.72 Å². The molecule has 0 saturated carbocycles. The van der Waals surface area contributed by atoms with Gasteiger partial charge in [-0.1, -0.05) is 23.7 Å². The molecule has 2 rings (SSSR count). The lowest BCUT2D eigenvalue weighted by molar-refractivity contribution is 0.580. The highest BCUT2D eigenvalue weighted by molar-refractivity contribution is 9.10. The Bertz CT molecular complexity index is 784. The predicted octanol–water partition coefficient (Wildman–Crippen LogP) is 3.30. The van der Waals surface area contributed by atoms with Crippen molar-refractivity contribution >= 4 is 43.2 Å². The number of hydrogen-bond acceptors (Lipinski definition) is 3. The molecule has 0 radical (unpaired) electrons. The fourth-order valence-electron chi connectivity index (χ4n) is 1.65. The molecule has 0 bridgehead atoms. The Morgan fingerprint density at radius 1 is 1.29 bits per heavy atom. The molecular weight excluding hydrogens is 383 g/mol. The number of sulfonamides is 1. The van der Waals surface area contributed by atoms with Gasteiger partial charge >= 0.3 is 0 Å². The second-order valence-corrected chi connectivity index (χ2v) is 7.28. The minimum atomic E-state index is -3.83. The van der Waals surface area contributed by atoms with Crippen LogP contribution < -0.4 is 10.5 Å². The number of halogens is 3. The molecular formula is C13H11BrClFN2O2S. The van der Waals surface area contributed by atoms with Crippen LogP contribution in [0.1, 0.15) is 5.56 Å². The first kappa shape index (κ1) is 16.2. The standard InChI is InChI=1S/C13H11BrClFN2O2S/c14-10-5-11(16)12(17)6-13(10)21(19,20)18-7-8-2-1-3-9(15)4-8/h1-6,18H,7,17H2. The minimum Gasteiger partial charge on any atom is -0.396 e. The molecule has 0 fully saturated rings. The molecule has 0 aromatic heterocycles. The third kappa shape index (κ3) is 3.94. The smallest absolute Gasteiger partial charge is 0.242 e. The van der Waals surface area contributed by atoms with Crippen molar-refractivity contribution in [3.63, 3.8) is 0 Å². The van der Waals surface area contributed by atoms with Gasteiger partial charge in [0.25, 0.3) is 0 Å². The van der Waals surface area contributed by atoms with Gasteiger partial charge in [0.15, 0.2) is 0 Å². The number of hydrogen-bond donors (Lipinski definition) is 2. The Kier molecular flexibility index (Phi) is 4.88. The van der Waals surface area contributed by atoms with Gasteiger partial charge in [-0.15, -0.1) is 0 Å². The van der Waals surface area contributed by atoms with Crippen LogP contribution in [0, 0.1) is 5.82 Å². The summed E-state index contributed by atoms with van der Waals surface area (Å²) in [5.74, 6) is -0.685. The predicted molar refractivity (Wildman–Crippen MR) is 84.0 cm³/mol. The summed E-state index contributed by atoms with van der Waals surface area (Å²) >= 11 is 8.85. The minimum absolute atomic E-state index is 0.0621. The summed E-state index contributed by atoms with van der Waals surface area (Å²) in [6.45, 7) is 0.0621. The Balaban J connectivity index is 2.25. The van der Waals surface area contributed by atoms with Crippen LogP contribution in [0.5, 0.6) is 0 Å². The molecule has 2 aromatic rings. The molecule has 0 aliphatic carbocycles. The van der Waals surface area contributed by atoms with E-state index >= 15 is 0 Å². The summed E-state index contributed by atoms with van der Waals surface area (Å²) in [6, 6.07) is 8.89. The van der Waals surface area contributed by atoms with E-state index in [-0.39, 0.29) is 21.6 Å². The fraction of sp³-hybridized carbons (Fsp3) is 0.0769. The number of anilines is 1. The maximum atomic E-state index is 13.3. The summed E-state index contributed by atoms with van der Waals surface area (Å²) in [4.78, 5) is -0.122. The van der Waals surface area contributed by atoms with Crippen molar-refractivity contribution < 1.29 is 12.8 Å². The van der Waals surface area contributed by atoms with E-state index in [2.05, 4.69) is 20.7 Å². The van der Waals surface area contributed by atoms with E-state index in [1.54, 1.807) is 24.3 Å². The second kappa shape index (κ2) is 6.31. The van der Waals surface area contributed by atoms with Crippen LogP contribution in [-0.2, 0) is 16.6 Å². The highest BCUT2D eigenvalue weighted by Crippen LogP contribution is 2.26. The lowest BCUT2D eigenvalue weighted by Crippen LogP contribution is -2.24. The highest BCUT2D eigenvalue weighted by Gasteiger charge is 2.19. The van der Waals surface area contributed by atoms with Crippen molar-refractivity contribution in [2.24, 2.45) is 0 Å². The topological polar surface area (TPSA) is 72.2 Å². The molecule has 4 nitrogen and oxygen atoms in total. The molecule has 0 atom stereocenters. The molecule has 8 heteroatoms. The largest absolute Gasteiger partial charge is 0.396 e. The monoisotopic (exact) mass is 392 g/mol. The zero-order chi connectivity index (χ0) is 15.6. The van der Waals surface area contributed by atoms with Crippen molar-refractivity contribution in [2.75, 3.05) is 5.73 Å². The normalized spacial score (nSPS) is 11.6. The van der Waals surface area contributed by atoms with E-state index in [1.807, 2.05) is 0 Å². The van der Waals surface area contributed by atoms with Crippen LogP contribution >= 0.6 is 27.5 Å². The SMILES string of the molecule is Nc1cc(S(=O)(=O)NCc2cccc(Cl)c2)c(Br)cc1F. The quantitative estimate of drug-likeness (QED) is 0.783. The summed E-state index contributed by atoms with van der Waals surface area (Å²) in [7, 11) is -3.83. The molecule has 0 saturated heterocycles. The first-order valence-corrected chi connectivity index (χ1v) is 8.43. The van der Waals surface area contributed by atoms with E-state index in [0.29, 0.717) is 10.6 Å². The van der Waals surface area contributed by atoms with Crippen molar-refractivity contribution in [1.29, 1.82) is 0 Å². The number of nitrogens with one attached hydrogen (secondary N) is 1. The van der Waals surface area contributed by atoms with E-state index in [4.69, 9.17) is 17.3 Å². The zero-order valence-electron chi connectivity index (χ0n) is 10.6. The lowest BCUT2D eigenvalue weighted by Gasteiger charge is -2.10. The number of rotatable bonds is 4. The lowest BCUT2D eigenvalue weighted by atomic mass is 10.2. The van der Waals surface area contributed by atoms with Gasteiger partial charge in [-0.25, -0.2) is 17.5 Å². The Morgan fingerprint density at radius 3 is 2.67 bits per heavy atom. The molecule has 0 heterocycles. The average Bonchev–Trinajstić information content (AvgIpc) is 2.41. The van der Waals surface area contributed by atoms with E-state index in [9.17, 15) is 12.8 Å². The fourth-order valence-corrected chi connectivity index (χ4v) is 3.93. The van der Waals surface area contributed by atoms with Gasteiger partial charge in [0.2, 0.25) is 10.0 Å². The molecule has 0 spiro atoms. The van der Waals surface area contributed by atoms with Gasteiger partial charge in [-0.2, -0.15) is 0 Å². The van der Waals surface area contributed by atoms with Gasteiger partial charge in [-0.05, 0) is 45.8 Å². The molecule has 21 heavy (non-hydrogen) atoms. The van der Waals surface area contributed by atoms with Crippen LogP contribution in [0.25, 0.3) is 0 Å². The van der Waals surface area contributed by atoms with Gasteiger partial charge in [0, 0.05) is 16.0 Å². The number of benzene rings is 2. The van der Waals surface area contributed by atoms with Crippen molar-refractivity contribution in [2.45, 2.75) is 11.4 Å². The Labute approximate surface area is 135 Å².